The van der Waals surface area contributed by atoms with Gasteiger partial charge in [0.1, 0.15) is 0 Å². The molecular formula is C13H17BrN2. The third-order valence-electron chi connectivity index (χ3n) is 2.78. The lowest BCUT2D eigenvalue weighted by molar-refractivity contribution is 0.635. The highest BCUT2D eigenvalue weighted by Crippen LogP contribution is 2.31. The molecule has 3 heteroatoms. The fourth-order valence-electron chi connectivity index (χ4n) is 2.21. The average molecular weight is 281 g/mol. The second kappa shape index (κ2) is 5.02. The van der Waals surface area contributed by atoms with Crippen molar-refractivity contribution in [2.45, 2.75) is 19.4 Å². The van der Waals surface area contributed by atoms with Crippen molar-refractivity contribution in [3.05, 3.63) is 34.4 Å². The summed E-state index contributed by atoms with van der Waals surface area (Å²) in [5.41, 5.74) is 2.93. The zero-order valence-electron chi connectivity index (χ0n) is 9.76. The van der Waals surface area contributed by atoms with Gasteiger partial charge in [0, 0.05) is 22.6 Å². The minimum atomic E-state index is 1.17. The number of benzene rings is 1. The molecule has 2 aromatic rings. The maximum atomic E-state index is 3.60. The van der Waals surface area contributed by atoms with Gasteiger partial charge in [-0.3, -0.25) is 0 Å². The van der Waals surface area contributed by atoms with Crippen molar-refractivity contribution in [3.8, 4) is 0 Å². The number of aromatic nitrogens is 1. The standard InChI is InChI=1S/C11H10BrN.C2H7N/c12-10-7-13-6-2-4-8-3-1-5-9(10)11(8)13;1-3-2/h1,3,5,7H,2,4,6H2;3H,1-2H3. The Morgan fingerprint density at radius 2 is 2.06 bits per heavy atom. The zero-order valence-corrected chi connectivity index (χ0v) is 11.3. The van der Waals surface area contributed by atoms with E-state index in [-0.39, 0.29) is 0 Å². The van der Waals surface area contributed by atoms with Crippen LogP contribution in [0.1, 0.15) is 12.0 Å². The first kappa shape index (κ1) is 11.7. The summed E-state index contributed by atoms with van der Waals surface area (Å²) in [6.45, 7) is 1.17. The van der Waals surface area contributed by atoms with Gasteiger partial charge in [0.25, 0.3) is 0 Å². The lowest BCUT2D eigenvalue weighted by Crippen LogP contribution is -2.05. The van der Waals surface area contributed by atoms with Crippen LogP contribution in [0.15, 0.2) is 28.9 Å². The van der Waals surface area contributed by atoms with Crippen molar-refractivity contribution >= 4 is 26.8 Å². The van der Waals surface area contributed by atoms with Gasteiger partial charge in [0.15, 0.2) is 0 Å². The predicted octanol–water partition coefficient (Wildman–Crippen LogP) is 3.19. The third-order valence-corrected chi connectivity index (χ3v) is 3.41. The molecule has 0 saturated carbocycles. The molecule has 0 atom stereocenters. The smallest absolute Gasteiger partial charge is 0.0524 e. The summed E-state index contributed by atoms with van der Waals surface area (Å²) in [5.74, 6) is 0. The van der Waals surface area contributed by atoms with E-state index < -0.39 is 0 Å². The van der Waals surface area contributed by atoms with Crippen molar-refractivity contribution in [3.63, 3.8) is 0 Å². The van der Waals surface area contributed by atoms with Crippen molar-refractivity contribution in [2.75, 3.05) is 14.1 Å². The summed E-state index contributed by atoms with van der Waals surface area (Å²) in [4.78, 5) is 0. The van der Waals surface area contributed by atoms with Gasteiger partial charge in [-0.05, 0) is 48.4 Å². The highest BCUT2D eigenvalue weighted by Gasteiger charge is 2.13. The van der Waals surface area contributed by atoms with Gasteiger partial charge in [-0.1, -0.05) is 18.2 Å². The maximum absolute atomic E-state index is 3.60. The van der Waals surface area contributed by atoms with E-state index in [4.69, 9.17) is 0 Å². The maximum Gasteiger partial charge on any atom is 0.0524 e. The van der Waals surface area contributed by atoms with Crippen LogP contribution in [-0.4, -0.2) is 18.7 Å². The Bertz CT molecular complexity index is 488. The molecule has 16 heavy (non-hydrogen) atoms. The molecule has 1 aromatic carbocycles. The molecule has 0 saturated heterocycles. The molecule has 0 spiro atoms. The van der Waals surface area contributed by atoms with Gasteiger partial charge in [0.05, 0.1) is 5.52 Å². The molecule has 3 rings (SSSR count). The molecule has 2 heterocycles. The zero-order chi connectivity index (χ0) is 11.5. The lowest BCUT2D eigenvalue weighted by atomic mass is 10.0. The second-order valence-corrected chi connectivity index (χ2v) is 4.94. The Kier molecular flexibility index (Phi) is 3.66. The Balaban J connectivity index is 0.000000292. The van der Waals surface area contributed by atoms with E-state index in [2.05, 4.69) is 50.2 Å². The SMILES string of the molecule is Brc1cn2c3c(cccc13)CCC2.CNC. The Morgan fingerprint density at radius 1 is 1.31 bits per heavy atom. The first-order valence-corrected chi connectivity index (χ1v) is 6.42. The van der Waals surface area contributed by atoms with Crippen molar-refractivity contribution in [1.29, 1.82) is 0 Å². The molecule has 2 nitrogen and oxygen atoms in total. The fourth-order valence-corrected chi connectivity index (χ4v) is 2.78. The van der Waals surface area contributed by atoms with E-state index in [9.17, 15) is 0 Å². The number of halogens is 1. The fraction of sp³-hybridized carbons (Fsp3) is 0.385. The largest absolute Gasteiger partial charge is 0.346 e. The van der Waals surface area contributed by atoms with Crippen LogP contribution in [0.3, 0.4) is 0 Å². The van der Waals surface area contributed by atoms with E-state index in [0.717, 1.165) is 0 Å². The molecule has 0 unspecified atom stereocenters. The molecule has 0 bridgehead atoms. The molecule has 0 fully saturated rings. The normalized spacial score (nSPS) is 13.4. The van der Waals surface area contributed by atoms with E-state index in [1.165, 1.54) is 40.3 Å². The van der Waals surface area contributed by atoms with Crippen LogP contribution in [0.2, 0.25) is 0 Å². The minimum absolute atomic E-state index is 1.17. The van der Waals surface area contributed by atoms with E-state index in [1.807, 2.05) is 14.1 Å². The Morgan fingerprint density at radius 3 is 2.81 bits per heavy atom. The molecular weight excluding hydrogens is 264 g/mol. The topological polar surface area (TPSA) is 17.0 Å². The molecule has 86 valence electrons. The number of hydrogen-bond acceptors (Lipinski definition) is 1. The number of rotatable bonds is 0. The number of para-hydroxylation sites is 1. The molecule has 0 aliphatic carbocycles. The number of hydrogen-bond donors (Lipinski definition) is 1. The summed E-state index contributed by atoms with van der Waals surface area (Å²) < 4.78 is 3.59. The van der Waals surface area contributed by atoms with E-state index in [0.29, 0.717) is 0 Å². The van der Waals surface area contributed by atoms with Crippen LogP contribution in [0, 0.1) is 0 Å². The van der Waals surface area contributed by atoms with Crippen molar-refractivity contribution < 1.29 is 0 Å². The highest BCUT2D eigenvalue weighted by molar-refractivity contribution is 9.10. The number of nitrogens with one attached hydrogen (secondary N) is 1. The van der Waals surface area contributed by atoms with Crippen LogP contribution >= 0.6 is 15.9 Å². The number of aryl methyl sites for hydroxylation is 2. The summed E-state index contributed by atoms with van der Waals surface area (Å²) in [6, 6.07) is 6.58. The monoisotopic (exact) mass is 280 g/mol. The van der Waals surface area contributed by atoms with E-state index in [1.54, 1.807) is 0 Å². The summed E-state index contributed by atoms with van der Waals surface area (Å²) in [6.07, 6.45) is 4.70. The van der Waals surface area contributed by atoms with Crippen LogP contribution in [0.25, 0.3) is 10.9 Å². The molecule has 0 radical (unpaired) electrons. The Labute approximate surface area is 105 Å². The summed E-state index contributed by atoms with van der Waals surface area (Å²) in [5, 5.41) is 4.11. The Hall–Kier alpha value is -0.800. The van der Waals surface area contributed by atoms with Crippen LogP contribution in [0.4, 0.5) is 0 Å². The van der Waals surface area contributed by atoms with Crippen LogP contribution in [0.5, 0.6) is 0 Å². The van der Waals surface area contributed by atoms with Crippen LogP contribution in [-0.2, 0) is 13.0 Å². The van der Waals surface area contributed by atoms with Gasteiger partial charge >= 0.3 is 0 Å². The second-order valence-electron chi connectivity index (χ2n) is 4.09. The van der Waals surface area contributed by atoms with Gasteiger partial charge in [-0.25, -0.2) is 0 Å². The number of nitrogens with zero attached hydrogens (tertiary/aromatic N) is 1. The lowest BCUT2D eigenvalue weighted by Gasteiger charge is -2.14. The van der Waals surface area contributed by atoms with E-state index >= 15 is 0 Å². The molecule has 1 aliphatic heterocycles. The van der Waals surface area contributed by atoms with Gasteiger partial charge < -0.3 is 9.88 Å². The van der Waals surface area contributed by atoms with Gasteiger partial charge in [-0.2, -0.15) is 0 Å². The van der Waals surface area contributed by atoms with Crippen LogP contribution < -0.4 is 5.32 Å². The third kappa shape index (κ3) is 2.02. The summed E-state index contributed by atoms with van der Waals surface area (Å²) >= 11 is 3.60. The predicted molar refractivity (Wildman–Crippen MR) is 72.9 cm³/mol. The molecule has 1 aliphatic rings. The highest BCUT2D eigenvalue weighted by atomic mass is 79.9. The molecule has 0 amide bonds. The van der Waals surface area contributed by atoms with Gasteiger partial charge in [-0.15, -0.1) is 0 Å². The minimum Gasteiger partial charge on any atom is -0.346 e. The average Bonchev–Trinajstić information content (AvgIpc) is 2.60. The first-order valence-electron chi connectivity index (χ1n) is 5.62. The van der Waals surface area contributed by atoms with Crippen molar-refractivity contribution in [2.24, 2.45) is 0 Å². The molecule has 1 N–H and O–H groups in total. The summed E-state index contributed by atoms with van der Waals surface area (Å²) in [7, 11) is 3.75. The quantitative estimate of drug-likeness (QED) is 0.784. The van der Waals surface area contributed by atoms with Crippen molar-refractivity contribution in [1.82, 2.24) is 9.88 Å². The molecule has 1 aromatic heterocycles. The first-order chi connectivity index (χ1) is 7.77. The van der Waals surface area contributed by atoms with Gasteiger partial charge in [0.2, 0.25) is 0 Å².